The van der Waals surface area contributed by atoms with Crippen molar-refractivity contribution in [3.8, 4) is 0 Å². The smallest absolute Gasteiger partial charge is 0.198 e. The fraction of sp³-hybridized carbons (Fsp3) is 0.240. The second-order valence-electron chi connectivity index (χ2n) is 7.76. The first-order chi connectivity index (χ1) is 13.7. The van der Waals surface area contributed by atoms with Crippen LogP contribution in [-0.4, -0.2) is 5.90 Å². The quantitative estimate of drug-likeness (QED) is 0.630. The topological polar surface area (TPSA) is 30.8 Å². The Bertz CT molecular complexity index is 974. The molecule has 0 fully saturated rings. The number of ether oxygens (including phenoxy) is 2. The molecule has 0 aromatic heterocycles. The van der Waals surface area contributed by atoms with E-state index >= 15 is 0 Å². The zero-order valence-corrected chi connectivity index (χ0v) is 15.9. The molecule has 2 heterocycles. The predicted molar refractivity (Wildman–Crippen MR) is 111 cm³/mol. The van der Waals surface area contributed by atoms with Gasteiger partial charge >= 0.3 is 0 Å². The molecule has 0 saturated carbocycles. The van der Waals surface area contributed by atoms with Gasteiger partial charge in [0.15, 0.2) is 12.0 Å². The first-order valence-electron chi connectivity index (χ1n) is 9.81. The van der Waals surface area contributed by atoms with Gasteiger partial charge in [-0.2, -0.15) is 0 Å². The summed E-state index contributed by atoms with van der Waals surface area (Å²) in [6, 6.07) is 20.7. The van der Waals surface area contributed by atoms with Gasteiger partial charge in [0.2, 0.25) is 0 Å². The van der Waals surface area contributed by atoms with Crippen LogP contribution in [0.25, 0.3) is 0 Å². The van der Waals surface area contributed by atoms with E-state index < -0.39 is 5.41 Å². The van der Waals surface area contributed by atoms with E-state index in [1.54, 1.807) is 6.26 Å². The maximum absolute atomic E-state index is 6.52. The minimum Gasteiger partial charge on any atom is -0.469 e. The first-order valence-corrected chi connectivity index (χ1v) is 9.81. The molecule has 3 heteroatoms. The summed E-state index contributed by atoms with van der Waals surface area (Å²) in [5, 5.41) is 0. The van der Waals surface area contributed by atoms with E-state index in [1.165, 1.54) is 0 Å². The molecular formula is C25H23NO2. The molecular weight excluding hydrogens is 346 g/mol. The fourth-order valence-electron chi connectivity index (χ4n) is 4.11. The predicted octanol–water partition coefficient (Wildman–Crippen LogP) is 5.91. The van der Waals surface area contributed by atoms with Crippen LogP contribution in [-0.2, 0) is 9.47 Å². The van der Waals surface area contributed by atoms with Crippen LogP contribution in [0.4, 0.5) is 0 Å². The molecule has 2 aromatic rings. The van der Waals surface area contributed by atoms with Gasteiger partial charge in [-0.3, -0.25) is 0 Å². The molecule has 0 N–H and O–H groups in total. The number of benzene rings is 2. The lowest BCUT2D eigenvalue weighted by molar-refractivity contribution is 0.181. The molecule has 0 spiro atoms. The van der Waals surface area contributed by atoms with E-state index in [9.17, 15) is 0 Å². The molecule has 3 aliphatic rings. The van der Waals surface area contributed by atoms with E-state index in [0.717, 1.165) is 29.2 Å². The maximum Gasteiger partial charge on any atom is 0.198 e. The summed E-state index contributed by atoms with van der Waals surface area (Å²) in [6.45, 7) is 2.14. The highest BCUT2D eigenvalue weighted by Crippen LogP contribution is 2.46. The van der Waals surface area contributed by atoms with Crippen molar-refractivity contribution in [1.82, 2.24) is 0 Å². The van der Waals surface area contributed by atoms with Crippen molar-refractivity contribution in [1.29, 1.82) is 0 Å². The van der Waals surface area contributed by atoms with Crippen LogP contribution < -0.4 is 0 Å². The number of fused-ring (bicyclic) bond motifs is 1. The van der Waals surface area contributed by atoms with Crippen LogP contribution >= 0.6 is 0 Å². The Morgan fingerprint density at radius 2 is 1.68 bits per heavy atom. The van der Waals surface area contributed by atoms with Crippen molar-refractivity contribution in [3.05, 3.63) is 108 Å². The van der Waals surface area contributed by atoms with Crippen LogP contribution in [0.5, 0.6) is 0 Å². The largest absolute Gasteiger partial charge is 0.469 e. The lowest BCUT2D eigenvalue weighted by atomic mass is 9.80. The molecule has 2 aromatic carbocycles. The molecule has 0 radical (unpaired) electrons. The highest BCUT2D eigenvalue weighted by molar-refractivity contribution is 5.88. The SMILES string of the molecule is CC1(C2=N[C@H](c3ccccc3)[C@@H](c3ccccc3)O2)C=CC2CC=COC2=C1. The summed E-state index contributed by atoms with van der Waals surface area (Å²) in [6.07, 6.45) is 11.3. The van der Waals surface area contributed by atoms with E-state index in [0.29, 0.717) is 5.92 Å². The number of rotatable bonds is 3. The lowest BCUT2D eigenvalue weighted by Crippen LogP contribution is -2.28. The van der Waals surface area contributed by atoms with Crippen molar-refractivity contribution in [2.75, 3.05) is 0 Å². The Hall–Kier alpha value is -3.07. The van der Waals surface area contributed by atoms with E-state index in [-0.39, 0.29) is 12.1 Å². The molecule has 0 bridgehead atoms. The molecule has 0 amide bonds. The van der Waals surface area contributed by atoms with Crippen LogP contribution in [0.3, 0.4) is 0 Å². The van der Waals surface area contributed by atoms with Crippen molar-refractivity contribution in [3.63, 3.8) is 0 Å². The zero-order valence-electron chi connectivity index (χ0n) is 15.9. The lowest BCUT2D eigenvalue weighted by Gasteiger charge is -2.31. The number of allylic oxidation sites excluding steroid dienone is 2. The van der Waals surface area contributed by atoms with E-state index in [2.05, 4.69) is 79.8 Å². The Balaban J connectivity index is 1.53. The summed E-state index contributed by atoms with van der Waals surface area (Å²) in [7, 11) is 0. The molecule has 1 aliphatic carbocycles. The average molecular weight is 369 g/mol. The Morgan fingerprint density at radius 1 is 0.964 bits per heavy atom. The van der Waals surface area contributed by atoms with Gasteiger partial charge in [-0.1, -0.05) is 72.8 Å². The van der Waals surface area contributed by atoms with Crippen molar-refractivity contribution in [2.24, 2.45) is 16.3 Å². The second kappa shape index (κ2) is 6.83. The summed E-state index contributed by atoms with van der Waals surface area (Å²) < 4.78 is 12.3. The second-order valence-corrected chi connectivity index (χ2v) is 7.76. The third-order valence-electron chi connectivity index (χ3n) is 5.68. The highest BCUT2D eigenvalue weighted by atomic mass is 16.5. The Morgan fingerprint density at radius 3 is 2.43 bits per heavy atom. The first kappa shape index (κ1) is 17.1. The van der Waals surface area contributed by atoms with Crippen LogP contribution in [0.1, 0.15) is 36.6 Å². The van der Waals surface area contributed by atoms with Gasteiger partial charge in [-0.25, -0.2) is 4.99 Å². The van der Waals surface area contributed by atoms with E-state index in [4.69, 9.17) is 14.5 Å². The van der Waals surface area contributed by atoms with Gasteiger partial charge in [0, 0.05) is 5.92 Å². The molecule has 4 atom stereocenters. The number of nitrogens with zero attached hydrogens (tertiary/aromatic N) is 1. The summed E-state index contributed by atoms with van der Waals surface area (Å²) in [5.41, 5.74) is 1.89. The highest BCUT2D eigenvalue weighted by Gasteiger charge is 2.42. The molecule has 5 rings (SSSR count). The molecule has 3 nitrogen and oxygen atoms in total. The Labute approximate surface area is 165 Å². The molecule has 0 saturated heterocycles. The molecule has 2 aliphatic heterocycles. The van der Waals surface area contributed by atoms with Crippen LogP contribution in [0, 0.1) is 11.3 Å². The van der Waals surface area contributed by atoms with Gasteiger partial charge < -0.3 is 9.47 Å². The standard InChI is InChI=1S/C25H23NO2/c1-25(15-14-18-13-8-16-27-21(18)17-25)24-26-22(19-9-4-2-5-10-19)23(28-24)20-11-6-3-7-12-20/h2-12,14-18,22-23H,13H2,1H3/t18?,22-,23-,25?/m1/s1. The van der Waals surface area contributed by atoms with Gasteiger partial charge in [0.1, 0.15) is 11.8 Å². The van der Waals surface area contributed by atoms with Gasteiger partial charge in [-0.15, -0.1) is 0 Å². The normalized spacial score (nSPS) is 30.7. The average Bonchev–Trinajstić information content (AvgIpc) is 3.21. The van der Waals surface area contributed by atoms with Gasteiger partial charge in [0.05, 0.1) is 11.7 Å². The van der Waals surface area contributed by atoms with Crippen LogP contribution in [0.2, 0.25) is 0 Å². The summed E-state index contributed by atoms with van der Waals surface area (Å²) in [5.74, 6) is 2.05. The molecule has 2 unspecified atom stereocenters. The van der Waals surface area contributed by atoms with Crippen LogP contribution in [0.15, 0.2) is 102 Å². The summed E-state index contributed by atoms with van der Waals surface area (Å²) in [4.78, 5) is 5.07. The number of hydrogen-bond acceptors (Lipinski definition) is 3. The molecule has 28 heavy (non-hydrogen) atoms. The fourth-order valence-corrected chi connectivity index (χ4v) is 4.11. The van der Waals surface area contributed by atoms with Crippen molar-refractivity contribution in [2.45, 2.75) is 25.5 Å². The Kier molecular flexibility index (Phi) is 4.16. The third-order valence-corrected chi connectivity index (χ3v) is 5.68. The molecule has 140 valence electrons. The van der Waals surface area contributed by atoms with Crippen molar-refractivity contribution >= 4 is 5.90 Å². The number of hydrogen-bond donors (Lipinski definition) is 0. The minimum atomic E-state index is -0.409. The van der Waals surface area contributed by atoms with Crippen molar-refractivity contribution < 1.29 is 9.47 Å². The number of aliphatic imine (C=N–C) groups is 1. The third kappa shape index (κ3) is 2.97. The zero-order chi connectivity index (χ0) is 19.0. The van der Waals surface area contributed by atoms with Gasteiger partial charge in [0.25, 0.3) is 0 Å². The monoisotopic (exact) mass is 369 g/mol. The maximum atomic E-state index is 6.52. The van der Waals surface area contributed by atoms with E-state index in [1.807, 2.05) is 12.1 Å². The van der Waals surface area contributed by atoms with Gasteiger partial charge in [-0.05, 0) is 36.6 Å². The summed E-state index contributed by atoms with van der Waals surface area (Å²) >= 11 is 0. The minimum absolute atomic E-state index is 0.0629.